The fraction of sp³-hybridized carbons (Fsp3) is 0.583. The summed E-state index contributed by atoms with van der Waals surface area (Å²) in [5.74, 6) is -0.313. The van der Waals surface area contributed by atoms with Gasteiger partial charge >= 0.3 is 0 Å². The number of aryl methyl sites for hydroxylation is 1. The third kappa shape index (κ3) is 5.74. The molecule has 0 unspecified atom stereocenters. The third-order valence-electron chi connectivity index (χ3n) is 6.08. The molecular weight excluding hydrogens is 370 g/mol. The fourth-order valence-corrected chi connectivity index (χ4v) is 4.29. The van der Waals surface area contributed by atoms with Crippen LogP contribution in [0.4, 0.5) is 8.78 Å². The van der Waals surface area contributed by atoms with Gasteiger partial charge < -0.3 is 4.74 Å². The molecule has 3 rings (SSSR count). The van der Waals surface area contributed by atoms with Crippen molar-refractivity contribution in [1.29, 1.82) is 0 Å². The first-order valence-electron chi connectivity index (χ1n) is 11.1. The van der Waals surface area contributed by atoms with E-state index in [1.165, 1.54) is 57.1 Å². The molecule has 0 aliphatic heterocycles. The first kappa shape index (κ1) is 21.7. The Morgan fingerprint density at radius 3 is 2.24 bits per heavy atom. The van der Waals surface area contributed by atoms with Gasteiger partial charge in [0.1, 0.15) is 0 Å². The van der Waals surface area contributed by atoms with Gasteiger partial charge in [-0.15, -0.1) is 0 Å². The maximum absolute atomic E-state index is 14.3. The molecule has 0 amide bonds. The Labute approximate surface area is 172 Å². The van der Waals surface area contributed by atoms with Crippen LogP contribution in [0.15, 0.2) is 24.3 Å². The summed E-state index contributed by atoms with van der Waals surface area (Å²) in [6.07, 6.45) is 11.4. The summed E-state index contributed by atoms with van der Waals surface area (Å²) >= 11 is 0. The van der Waals surface area contributed by atoms with Crippen molar-refractivity contribution in [3.63, 3.8) is 0 Å². The van der Waals surface area contributed by atoms with Crippen molar-refractivity contribution in [1.82, 2.24) is 10.2 Å². The lowest BCUT2D eigenvalue weighted by Gasteiger charge is -2.28. The topological polar surface area (TPSA) is 35.0 Å². The van der Waals surface area contributed by atoms with Crippen LogP contribution in [0.25, 0.3) is 11.3 Å². The molecule has 1 saturated carbocycles. The van der Waals surface area contributed by atoms with Gasteiger partial charge in [0.25, 0.3) is 0 Å². The van der Waals surface area contributed by atoms with Gasteiger partial charge in [-0.3, -0.25) is 0 Å². The average Bonchev–Trinajstić information content (AvgIpc) is 2.75. The zero-order valence-corrected chi connectivity index (χ0v) is 17.6. The molecule has 0 saturated heterocycles. The van der Waals surface area contributed by atoms with E-state index in [-0.39, 0.29) is 17.9 Å². The Kier molecular flexibility index (Phi) is 7.96. The molecule has 1 aromatic carbocycles. The van der Waals surface area contributed by atoms with Gasteiger partial charge in [0.15, 0.2) is 11.6 Å². The van der Waals surface area contributed by atoms with E-state index >= 15 is 0 Å². The maximum Gasteiger partial charge on any atom is 0.201 e. The van der Waals surface area contributed by atoms with Crippen molar-refractivity contribution >= 4 is 0 Å². The molecule has 1 aliphatic rings. The van der Waals surface area contributed by atoms with Crippen LogP contribution in [0.5, 0.6) is 5.75 Å². The fourth-order valence-electron chi connectivity index (χ4n) is 4.29. The van der Waals surface area contributed by atoms with Gasteiger partial charge in [0.2, 0.25) is 5.82 Å². The molecule has 1 heterocycles. The highest BCUT2D eigenvalue weighted by molar-refractivity contribution is 5.61. The van der Waals surface area contributed by atoms with Crippen molar-refractivity contribution in [3.05, 3.63) is 41.6 Å². The molecule has 0 N–H and O–H groups in total. The van der Waals surface area contributed by atoms with Crippen molar-refractivity contribution in [2.75, 3.05) is 6.61 Å². The van der Waals surface area contributed by atoms with E-state index in [0.717, 1.165) is 30.4 Å². The molecule has 0 atom stereocenters. The molecule has 158 valence electrons. The van der Waals surface area contributed by atoms with E-state index in [2.05, 4.69) is 17.1 Å². The first-order chi connectivity index (χ1) is 14.1. The Bertz CT molecular complexity index is 771. The summed E-state index contributed by atoms with van der Waals surface area (Å²) in [4.78, 5) is 0. The lowest BCUT2D eigenvalue weighted by Crippen LogP contribution is -2.15. The van der Waals surface area contributed by atoms with Gasteiger partial charge in [0, 0.05) is 5.56 Å². The quantitative estimate of drug-likeness (QED) is 0.465. The predicted octanol–water partition coefficient (Wildman–Crippen LogP) is 6.75. The van der Waals surface area contributed by atoms with E-state index < -0.39 is 11.6 Å². The van der Waals surface area contributed by atoms with Gasteiger partial charge in [-0.2, -0.15) is 14.6 Å². The molecule has 0 bridgehead atoms. The number of nitrogens with zero attached hydrogens (tertiary/aromatic N) is 2. The molecule has 0 spiro atoms. The van der Waals surface area contributed by atoms with E-state index in [4.69, 9.17) is 4.74 Å². The second-order valence-electron chi connectivity index (χ2n) is 8.15. The molecule has 5 heteroatoms. The average molecular weight is 403 g/mol. The number of hydrogen-bond donors (Lipinski definition) is 0. The summed E-state index contributed by atoms with van der Waals surface area (Å²) in [6.45, 7) is 4.27. The van der Waals surface area contributed by atoms with E-state index in [1.54, 1.807) is 13.0 Å². The molecule has 1 aromatic heterocycles. The number of rotatable bonds is 9. The second-order valence-corrected chi connectivity index (χ2v) is 8.15. The second kappa shape index (κ2) is 10.7. The van der Waals surface area contributed by atoms with Crippen LogP contribution in [-0.2, 0) is 6.42 Å². The zero-order valence-electron chi connectivity index (χ0n) is 17.6. The van der Waals surface area contributed by atoms with Gasteiger partial charge in [-0.05, 0) is 55.9 Å². The summed E-state index contributed by atoms with van der Waals surface area (Å²) in [6, 6.07) is 6.53. The van der Waals surface area contributed by atoms with Crippen LogP contribution < -0.4 is 4.74 Å². The highest BCUT2D eigenvalue weighted by Crippen LogP contribution is 2.34. The monoisotopic (exact) mass is 402 g/mol. The highest BCUT2D eigenvalue weighted by atomic mass is 19.2. The number of unbranched alkanes of at least 4 members (excludes halogenated alkanes) is 1. The van der Waals surface area contributed by atoms with Gasteiger partial charge in [0.05, 0.1) is 18.0 Å². The molecular formula is C24H32F2N2O. The molecule has 0 radical (unpaired) electrons. The molecule has 3 nitrogen and oxygen atoms in total. The lowest BCUT2D eigenvalue weighted by molar-refractivity contribution is 0.249. The minimum atomic E-state index is -0.982. The molecule has 29 heavy (non-hydrogen) atoms. The zero-order chi connectivity index (χ0) is 20.6. The summed E-state index contributed by atoms with van der Waals surface area (Å²) in [7, 11) is 0. The van der Waals surface area contributed by atoms with Crippen LogP contribution in [0.3, 0.4) is 0 Å². The molecule has 1 aliphatic carbocycles. The third-order valence-corrected chi connectivity index (χ3v) is 6.08. The Morgan fingerprint density at radius 1 is 0.897 bits per heavy atom. The Morgan fingerprint density at radius 2 is 1.62 bits per heavy atom. The standard InChI is InChI=1S/C24H32F2N2O/c1-3-5-6-17-7-9-18(10-8-17)11-12-19-13-15-21(28-27-19)20-14-16-22(29-4-2)24(26)23(20)25/h13-18H,3-12H2,1-2H3. The maximum atomic E-state index is 14.3. The van der Waals surface area contributed by atoms with Crippen LogP contribution >= 0.6 is 0 Å². The first-order valence-corrected chi connectivity index (χ1v) is 11.1. The van der Waals surface area contributed by atoms with Crippen LogP contribution in [-0.4, -0.2) is 16.8 Å². The number of hydrogen-bond acceptors (Lipinski definition) is 3. The number of benzene rings is 1. The normalized spacial score (nSPS) is 19.3. The predicted molar refractivity (Wildman–Crippen MR) is 112 cm³/mol. The summed E-state index contributed by atoms with van der Waals surface area (Å²) in [5.41, 5.74) is 1.36. The van der Waals surface area contributed by atoms with Crippen molar-refractivity contribution in [3.8, 4) is 17.0 Å². The van der Waals surface area contributed by atoms with Crippen molar-refractivity contribution in [2.24, 2.45) is 11.8 Å². The van der Waals surface area contributed by atoms with Crippen molar-refractivity contribution < 1.29 is 13.5 Å². The van der Waals surface area contributed by atoms with Gasteiger partial charge in [-0.1, -0.05) is 51.9 Å². The molecule has 2 aromatic rings. The lowest BCUT2D eigenvalue weighted by atomic mass is 9.78. The molecule has 1 fully saturated rings. The summed E-state index contributed by atoms with van der Waals surface area (Å²) in [5, 5.41) is 8.39. The van der Waals surface area contributed by atoms with Crippen LogP contribution in [0.1, 0.15) is 70.9 Å². The highest BCUT2D eigenvalue weighted by Gasteiger charge is 2.21. The van der Waals surface area contributed by atoms with Crippen LogP contribution in [0.2, 0.25) is 0 Å². The summed E-state index contributed by atoms with van der Waals surface area (Å²) < 4.78 is 33.5. The number of aromatic nitrogens is 2. The van der Waals surface area contributed by atoms with E-state index in [9.17, 15) is 8.78 Å². The minimum absolute atomic E-state index is 0.0808. The Hall–Kier alpha value is -2.04. The number of halogens is 2. The van der Waals surface area contributed by atoms with E-state index in [0.29, 0.717) is 5.69 Å². The largest absolute Gasteiger partial charge is 0.491 e. The smallest absolute Gasteiger partial charge is 0.201 e. The number of ether oxygens (including phenoxy) is 1. The SMILES string of the molecule is CCCCC1CCC(CCc2ccc(-c3ccc(OCC)c(F)c3F)nn2)CC1. The van der Waals surface area contributed by atoms with Gasteiger partial charge in [-0.25, -0.2) is 4.39 Å². The minimum Gasteiger partial charge on any atom is -0.491 e. The van der Waals surface area contributed by atoms with E-state index in [1.807, 2.05) is 6.07 Å². The van der Waals surface area contributed by atoms with Crippen molar-refractivity contribution in [2.45, 2.75) is 71.6 Å². The Balaban J connectivity index is 1.54. The van der Waals surface area contributed by atoms with Crippen LogP contribution in [0, 0.1) is 23.5 Å².